The fourth-order valence-corrected chi connectivity index (χ4v) is 0.679. The lowest BCUT2D eigenvalue weighted by molar-refractivity contribution is -0.00604. The van der Waals surface area contributed by atoms with Crippen LogP contribution in [-0.4, -0.2) is 39.5 Å². The predicted octanol–water partition coefficient (Wildman–Crippen LogP) is -0.410. The smallest absolute Gasteiger partial charge is 0.0821 e. The molecule has 0 aromatic heterocycles. The number of hydrogen-bond donors (Lipinski definition) is 3. The summed E-state index contributed by atoms with van der Waals surface area (Å²) in [7, 11) is 0. The second-order valence-electron chi connectivity index (χ2n) is 2.40. The third-order valence-corrected chi connectivity index (χ3v) is 1.27. The Morgan fingerprint density at radius 2 is 1.79 bits per heavy atom. The highest BCUT2D eigenvalue weighted by Crippen LogP contribution is 1.71. The molecule has 0 saturated heterocycles. The molecule has 0 heterocycles. The van der Waals surface area contributed by atoms with Crippen molar-refractivity contribution in [1.29, 1.82) is 0 Å². The van der Waals surface area contributed by atoms with Crippen LogP contribution >= 0.6 is 0 Å². The van der Waals surface area contributed by atoms with Crippen LogP contribution in [0.5, 0.6) is 0 Å². The van der Waals surface area contributed by atoms with E-state index >= 15 is 0 Å². The van der Waals surface area contributed by atoms with Crippen molar-refractivity contribution in [3.05, 3.63) is 0 Å². The van der Waals surface area contributed by atoms with Gasteiger partial charge < -0.3 is 9.57 Å². The third-order valence-electron chi connectivity index (χ3n) is 1.27. The molecule has 86 valence electrons. The van der Waals surface area contributed by atoms with Crippen molar-refractivity contribution in [1.82, 2.24) is 16.5 Å². The van der Waals surface area contributed by atoms with E-state index in [4.69, 9.17) is 14.4 Å². The monoisotopic (exact) mass is 207 g/mol. The minimum Gasteiger partial charge on any atom is -0.380 e. The van der Waals surface area contributed by atoms with Crippen LogP contribution in [0.1, 0.15) is 13.8 Å². The van der Waals surface area contributed by atoms with Gasteiger partial charge in [0, 0.05) is 19.7 Å². The van der Waals surface area contributed by atoms with Crippen LogP contribution in [0.3, 0.4) is 0 Å². The molecule has 0 aromatic rings. The van der Waals surface area contributed by atoms with E-state index in [-0.39, 0.29) is 0 Å². The fourth-order valence-electron chi connectivity index (χ4n) is 0.679. The van der Waals surface area contributed by atoms with Gasteiger partial charge in [0.1, 0.15) is 0 Å². The topological polar surface area (TPSA) is 63.8 Å². The van der Waals surface area contributed by atoms with Gasteiger partial charge in [-0.25, -0.2) is 10.9 Å². The highest BCUT2D eigenvalue weighted by Gasteiger charge is 1.88. The van der Waals surface area contributed by atoms with E-state index in [1.54, 1.807) is 0 Å². The first-order chi connectivity index (χ1) is 6.91. The molecule has 0 aliphatic carbocycles. The van der Waals surface area contributed by atoms with Gasteiger partial charge in [0.2, 0.25) is 0 Å². The zero-order valence-electron chi connectivity index (χ0n) is 8.97. The lowest BCUT2D eigenvalue weighted by atomic mass is 10.7. The summed E-state index contributed by atoms with van der Waals surface area (Å²) in [6, 6.07) is 0. The van der Waals surface area contributed by atoms with Gasteiger partial charge in [-0.3, -0.25) is 4.84 Å². The van der Waals surface area contributed by atoms with Crippen molar-refractivity contribution in [3.63, 3.8) is 0 Å². The Bertz CT molecular complexity index is 93.8. The van der Waals surface area contributed by atoms with Crippen LogP contribution in [0.2, 0.25) is 0 Å². The molecule has 0 unspecified atom stereocenters. The first-order valence-electron chi connectivity index (χ1n) is 4.93. The largest absolute Gasteiger partial charge is 0.380 e. The lowest BCUT2D eigenvalue weighted by Gasteiger charge is -2.07. The van der Waals surface area contributed by atoms with Gasteiger partial charge in [-0.05, 0) is 13.8 Å². The van der Waals surface area contributed by atoms with E-state index in [2.05, 4.69) is 16.5 Å². The molecule has 0 amide bonds. The molecule has 0 fully saturated rings. The van der Waals surface area contributed by atoms with Gasteiger partial charge in [0.25, 0.3) is 0 Å². The Labute approximate surface area is 85.2 Å². The second-order valence-corrected chi connectivity index (χ2v) is 2.40. The van der Waals surface area contributed by atoms with Gasteiger partial charge >= 0.3 is 0 Å². The molecule has 0 aliphatic heterocycles. The molecule has 0 bridgehead atoms. The van der Waals surface area contributed by atoms with Gasteiger partial charge in [-0.15, -0.1) is 5.59 Å². The molecule has 3 N–H and O–H groups in total. The van der Waals surface area contributed by atoms with Crippen LogP contribution in [0, 0.1) is 0 Å². The normalized spacial score (nSPS) is 10.7. The summed E-state index contributed by atoms with van der Waals surface area (Å²) in [5.74, 6) is 0. The fraction of sp³-hybridized carbons (Fsp3) is 1.00. The third kappa shape index (κ3) is 11.8. The first-order valence-corrected chi connectivity index (χ1v) is 4.93. The average molecular weight is 207 g/mol. The predicted molar refractivity (Wildman–Crippen MR) is 53.2 cm³/mol. The van der Waals surface area contributed by atoms with Crippen molar-refractivity contribution in [2.24, 2.45) is 0 Å². The maximum atomic E-state index is 5.10. The van der Waals surface area contributed by atoms with Crippen molar-refractivity contribution in [2.45, 2.75) is 13.8 Å². The van der Waals surface area contributed by atoms with E-state index < -0.39 is 0 Å². The molecule has 0 saturated carbocycles. The van der Waals surface area contributed by atoms with Crippen LogP contribution in [0.25, 0.3) is 0 Å². The van der Waals surface area contributed by atoms with E-state index in [9.17, 15) is 0 Å². The standard InChI is InChI=1S/C8H21N3O3/c1-3-12-7-6-10-14-8-5-9-11-13-4-2/h9-11H,3-8H2,1-2H3. The summed E-state index contributed by atoms with van der Waals surface area (Å²) < 4.78 is 5.10. The minimum absolute atomic E-state index is 0.562. The number of rotatable bonds is 11. The Kier molecular flexibility index (Phi) is 12.5. The molecule has 0 aromatic carbocycles. The molecule has 0 aliphatic rings. The van der Waals surface area contributed by atoms with Gasteiger partial charge in [0.15, 0.2) is 0 Å². The lowest BCUT2D eigenvalue weighted by Crippen LogP contribution is -2.35. The van der Waals surface area contributed by atoms with Gasteiger partial charge in [0.05, 0.1) is 19.8 Å². The van der Waals surface area contributed by atoms with Crippen LogP contribution in [0.15, 0.2) is 0 Å². The van der Waals surface area contributed by atoms with Crippen molar-refractivity contribution in [2.75, 3.05) is 39.5 Å². The average Bonchev–Trinajstić information content (AvgIpc) is 2.21. The number of hydrogen-bond acceptors (Lipinski definition) is 6. The molecule has 0 rings (SSSR count). The van der Waals surface area contributed by atoms with Gasteiger partial charge in [-0.1, -0.05) is 0 Å². The molecule has 0 atom stereocenters. The van der Waals surface area contributed by atoms with E-state index in [0.29, 0.717) is 32.9 Å². The maximum Gasteiger partial charge on any atom is 0.0821 e. The summed E-state index contributed by atoms with van der Waals surface area (Å²) >= 11 is 0. The summed E-state index contributed by atoms with van der Waals surface area (Å²) in [5, 5.41) is 0. The quantitative estimate of drug-likeness (QED) is 0.316. The summed E-state index contributed by atoms with van der Waals surface area (Å²) in [6.07, 6.45) is 0. The minimum atomic E-state index is 0.562. The number of hydrazine groups is 1. The summed E-state index contributed by atoms with van der Waals surface area (Å²) in [4.78, 5) is 9.91. The molecule has 0 radical (unpaired) electrons. The highest BCUT2D eigenvalue weighted by atomic mass is 16.7. The summed E-state index contributed by atoms with van der Waals surface area (Å²) in [5.41, 5.74) is 8.16. The Morgan fingerprint density at radius 1 is 0.929 bits per heavy atom. The number of hydroxylamine groups is 1. The second kappa shape index (κ2) is 12.8. The highest BCUT2D eigenvalue weighted by molar-refractivity contribution is 4.34. The summed E-state index contributed by atoms with van der Waals surface area (Å²) in [6.45, 7) is 7.83. The maximum absolute atomic E-state index is 5.10. The van der Waals surface area contributed by atoms with Crippen LogP contribution in [-0.2, 0) is 14.4 Å². The molecule has 14 heavy (non-hydrogen) atoms. The number of nitrogens with one attached hydrogen (secondary N) is 3. The molecular weight excluding hydrogens is 186 g/mol. The van der Waals surface area contributed by atoms with E-state index in [1.807, 2.05) is 13.8 Å². The molecule has 6 heteroatoms. The Hall–Kier alpha value is -0.240. The van der Waals surface area contributed by atoms with E-state index in [0.717, 1.165) is 6.61 Å². The number of ether oxygens (including phenoxy) is 1. The molecule has 6 nitrogen and oxygen atoms in total. The Balaban J connectivity index is 2.78. The van der Waals surface area contributed by atoms with Crippen LogP contribution in [0.4, 0.5) is 0 Å². The van der Waals surface area contributed by atoms with E-state index in [1.165, 1.54) is 0 Å². The van der Waals surface area contributed by atoms with Crippen molar-refractivity contribution in [3.8, 4) is 0 Å². The van der Waals surface area contributed by atoms with Gasteiger partial charge in [-0.2, -0.15) is 0 Å². The molecular formula is C8H21N3O3. The molecule has 0 spiro atoms. The van der Waals surface area contributed by atoms with Crippen molar-refractivity contribution < 1.29 is 14.4 Å². The first kappa shape index (κ1) is 13.8. The van der Waals surface area contributed by atoms with Crippen molar-refractivity contribution >= 4 is 0 Å². The SMILES string of the molecule is CCOCCNOCCNNOCC. The zero-order valence-corrected chi connectivity index (χ0v) is 8.97. The van der Waals surface area contributed by atoms with Crippen LogP contribution < -0.4 is 16.5 Å². The Morgan fingerprint density at radius 3 is 2.50 bits per heavy atom. The zero-order chi connectivity index (χ0) is 10.5.